The third kappa shape index (κ3) is 5.66. The molecule has 0 aliphatic heterocycles. The Balaban J connectivity index is 1.69. The zero-order valence-corrected chi connectivity index (χ0v) is 18.2. The first-order valence-corrected chi connectivity index (χ1v) is 10.9. The Morgan fingerprint density at radius 3 is 2.48 bits per heavy atom. The number of anilines is 1. The minimum atomic E-state index is -0.230. The number of aromatic nitrogens is 1. The minimum absolute atomic E-state index is 0.0527. The Hall–Kier alpha value is -2.21. The van der Waals surface area contributed by atoms with E-state index in [1.165, 1.54) is 11.3 Å². The molecular formula is C22H20Cl2N2O2S. The minimum Gasteiger partial charge on any atom is -0.302 e. The maximum absolute atomic E-state index is 12.3. The first-order chi connectivity index (χ1) is 14.0. The number of Topliss-reactive ketones (excluding diaryl/α,β-unsaturated/α-hetero) is 1. The van der Waals surface area contributed by atoms with Crippen molar-refractivity contribution in [3.8, 4) is 11.3 Å². The number of hydrogen-bond acceptors (Lipinski definition) is 4. The number of benzene rings is 2. The number of rotatable bonds is 8. The molecule has 0 spiro atoms. The van der Waals surface area contributed by atoms with Gasteiger partial charge in [0.1, 0.15) is 0 Å². The first kappa shape index (κ1) is 21.5. The number of nitrogens with zero attached hydrogens (tertiary/aromatic N) is 1. The van der Waals surface area contributed by atoms with Crippen LogP contribution >= 0.6 is 34.5 Å². The van der Waals surface area contributed by atoms with Crippen molar-refractivity contribution in [2.75, 3.05) is 5.32 Å². The molecule has 150 valence electrons. The van der Waals surface area contributed by atoms with Gasteiger partial charge in [0, 0.05) is 28.8 Å². The van der Waals surface area contributed by atoms with Gasteiger partial charge in [-0.15, -0.1) is 11.3 Å². The average Bonchev–Trinajstić information content (AvgIpc) is 3.11. The molecule has 1 amide bonds. The maximum atomic E-state index is 12.3. The van der Waals surface area contributed by atoms with Crippen molar-refractivity contribution in [3.05, 3.63) is 69.0 Å². The van der Waals surface area contributed by atoms with Gasteiger partial charge >= 0.3 is 0 Å². The summed E-state index contributed by atoms with van der Waals surface area (Å²) in [6, 6.07) is 14.4. The van der Waals surface area contributed by atoms with Crippen molar-refractivity contribution >= 4 is 51.4 Å². The molecule has 7 heteroatoms. The molecular weight excluding hydrogens is 427 g/mol. The summed E-state index contributed by atoms with van der Waals surface area (Å²) in [4.78, 5) is 30.2. The summed E-state index contributed by atoms with van der Waals surface area (Å²) in [5.41, 5.74) is 2.27. The van der Waals surface area contributed by atoms with Crippen LogP contribution in [0.4, 0.5) is 5.13 Å². The number of carbonyl (C=O) groups excluding carboxylic acids is 2. The summed E-state index contributed by atoms with van der Waals surface area (Å²) in [5.74, 6) is -0.283. The molecule has 29 heavy (non-hydrogen) atoms. The Bertz CT molecular complexity index is 1020. The Kier molecular flexibility index (Phi) is 7.42. The van der Waals surface area contributed by atoms with Crippen LogP contribution in [0.1, 0.15) is 41.4 Å². The van der Waals surface area contributed by atoms with Crippen LogP contribution in [0.15, 0.2) is 48.5 Å². The van der Waals surface area contributed by atoms with Gasteiger partial charge in [-0.2, -0.15) is 0 Å². The molecule has 0 aliphatic rings. The van der Waals surface area contributed by atoms with Crippen LogP contribution in [0.2, 0.25) is 10.0 Å². The number of halogens is 2. The van der Waals surface area contributed by atoms with Gasteiger partial charge in [0.15, 0.2) is 10.9 Å². The van der Waals surface area contributed by atoms with Crippen LogP contribution in [0.3, 0.4) is 0 Å². The van der Waals surface area contributed by atoms with E-state index in [1.807, 2.05) is 24.3 Å². The van der Waals surface area contributed by atoms with Crippen molar-refractivity contribution in [1.29, 1.82) is 0 Å². The second kappa shape index (κ2) is 10.0. The summed E-state index contributed by atoms with van der Waals surface area (Å²) >= 11 is 13.6. The smallest absolute Gasteiger partial charge is 0.226 e. The number of aryl methyl sites for hydroxylation is 1. The van der Waals surface area contributed by atoms with E-state index < -0.39 is 0 Å². The van der Waals surface area contributed by atoms with Crippen LogP contribution in [0.5, 0.6) is 0 Å². The summed E-state index contributed by atoms with van der Waals surface area (Å²) in [6.45, 7) is 2.09. The van der Waals surface area contributed by atoms with Gasteiger partial charge in [0.25, 0.3) is 0 Å². The highest BCUT2D eigenvalue weighted by molar-refractivity contribution is 7.16. The topological polar surface area (TPSA) is 59.1 Å². The second-order valence-electron chi connectivity index (χ2n) is 6.51. The zero-order chi connectivity index (χ0) is 20.8. The van der Waals surface area contributed by atoms with E-state index in [1.54, 1.807) is 24.3 Å². The molecule has 1 aromatic heterocycles. The normalized spacial score (nSPS) is 10.7. The van der Waals surface area contributed by atoms with E-state index in [-0.39, 0.29) is 24.5 Å². The fourth-order valence-corrected chi connectivity index (χ4v) is 4.25. The molecule has 0 saturated heterocycles. The Labute approximate surface area is 183 Å². The van der Waals surface area contributed by atoms with Gasteiger partial charge < -0.3 is 5.32 Å². The Morgan fingerprint density at radius 1 is 1.03 bits per heavy atom. The van der Waals surface area contributed by atoms with E-state index in [9.17, 15) is 9.59 Å². The van der Waals surface area contributed by atoms with Crippen molar-refractivity contribution in [1.82, 2.24) is 4.98 Å². The van der Waals surface area contributed by atoms with E-state index in [4.69, 9.17) is 23.2 Å². The lowest BCUT2D eigenvalue weighted by Gasteiger charge is -2.03. The summed E-state index contributed by atoms with van der Waals surface area (Å²) in [7, 11) is 0. The number of amides is 1. The molecule has 1 heterocycles. The molecule has 4 nitrogen and oxygen atoms in total. The average molecular weight is 447 g/mol. The largest absolute Gasteiger partial charge is 0.302 e. The van der Waals surface area contributed by atoms with E-state index in [2.05, 4.69) is 17.2 Å². The monoisotopic (exact) mass is 446 g/mol. The number of nitrogens with one attached hydrogen (secondary N) is 1. The summed E-state index contributed by atoms with van der Waals surface area (Å²) in [5, 5.41) is 4.29. The van der Waals surface area contributed by atoms with Crippen molar-refractivity contribution in [2.45, 2.75) is 32.6 Å². The molecule has 3 aromatic rings. The van der Waals surface area contributed by atoms with Crippen molar-refractivity contribution in [3.63, 3.8) is 0 Å². The predicted molar refractivity (Wildman–Crippen MR) is 120 cm³/mol. The molecule has 2 aromatic carbocycles. The molecule has 0 fully saturated rings. The SMILES string of the molecule is CCCc1sc(NC(=O)CCC(=O)c2ccccc2)nc1-c1ccc(Cl)c(Cl)c1. The lowest BCUT2D eigenvalue weighted by molar-refractivity contribution is -0.116. The molecule has 0 atom stereocenters. The zero-order valence-electron chi connectivity index (χ0n) is 15.9. The van der Waals surface area contributed by atoms with Crippen LogP contribution < -0.4 is 5.32 Å². The third-order valence-electron chi connectivity index (χ3n) is 4.29. The molecule has 1 N–H and O–H groups in total. The van der Waals surface area contributed by atoms with Crippen LogP contribution in [-0.4, -0.2) is 16.7 Å². The highest BCUT2D eigenvalue weighted by Gasteiger charge is 2.16. The molecule has 3 rings (SSSR count). The fraction of sp³-hybridized carbons (Fsp3) is 0.227. The Morgan fingerprint density at radius 2 is 1.79 bits per heavy atom. The van der Waals surface area contributed by atoms with Gasteiger partial charge in [0.05, 0.1) is 15.7 Å². The van der Waals surface area contributed by atoms with E-state index in [0.29, 0.717) is 20.7 Å². The second-order valence-corrected chi connectivity index (χ2v) is 8.41. The molecule has 0 aliphatic carbocycles. The first-order valence-electron chi connectivity index (χ1n) is 9.31. The quantitative estimate of drug-likeness (QED) is 0.392. The predicted octanol–water partition coefficient (Wildman–Crippen LogP) is 6.67. The summed E-state index contributed by atoms with van der Waals surface area (Å²) in [6.07, 6.45) is 2.06. The maximum Gasteiger partial charge on any atom is 0.226 e. The van der Waals surface area contributed by atoms with Crippen LogP contribution in [-0.2, 0) is 11.2 Å². The summed E-state index contributed by atoms with van der Waals surface area (Å²) < 4.78 is 0. The lowest BCUT2D eigenvalue weighted by Crippen LogP contribution is -2.13. The molecule has 0 unspecified atom stereocenters. The van der Waals surface area contributed by atoms with Gasteiger partial charge in [-0.25, -0.2) is 4.98 Å². The standard InChI is InChI=1S/C22H20Cl2N2O2S/c1-2-6-19-21(15-9-10-16(23)17(24)13-15)26-22(29-19)25-20(28)12-11-18(27)14-7-4-3-5-8-14/h3-5,7-10,13H,2,6,11-12H2,1H3,(H,25,26,28). The molecule has 0 saturated carbocycles. The number of carbonyl (C=O) groups is 2. The third-order valence-corrected chi connectivity index (χ3v) is 6.06. The number of ketones is 1. The molecule has 0 radical (unpaired) electrons. The number of thiazole rings is 1. The van der Waals surface area contributed by atoms with Gasteiger partial charge in [0.2, 0.25) is 5.91 Å². The van der Waals surface area contributed by atoms with Crippen molar-refractivity contribution < 1.29 is 9.59 Å². The van der Waals surface area contributed by atoms with Crippen molar-refractivity contribution in [2.24, 2.45) is 0 Å². The number of hydrogen-bond donors (Lipinski definition) is 1. The van der Waals surface area contributed by atoms with Crippen LogP contribution in [0, 0.1) is 0 Å². The van der Waals surface area contributed by atoms with Crippen LogP contribution in [0.25, 0.3) is 11.3 Å². The highest BCUT2D eigenvalue weighted by Crippen LogP contribution is 2.35. The van der Waals surface area contributed by atoms with E-state index >= 15 is 0 Å². The van der Waals surface area contributed by atoms with Gasteiger partial charge in [-0.1, -0.05) is 72.9 Å². The van der Waals surface area contributed by atoms with Gasteiger partial charge in [-0.05, 0) is 18.6 Å². The lowest BCUT2D eigenvalue weighted by atomic mass is 10.1. The van der Waals surface area contributed by atoms with Gasteiger partial charge in [-0.3, -0.25) is 9.59 Å². The molecule has 0 bridgehead atoms. The van der Waals surface area contributed by atoms with E-state index in [0.717, 1.165) is 29.0 Å². The fourth-order valence-electron chi connectivity index (χ4n) is 2.85. The highest BCUT2D eigenvalue weighted by atomic mass is 35.5.